The van der Waals surface area contributed by atoms with Crippen LogP contribution in [0.4, 0.5) is 0 Å². The van der Waals surface area contributed by atoms with Crippen molar-refractivity contribution in [3.8, 4) is 11.1 Å². The molecule has 0 aliphatic heterocycles. The molecule has 0 aliphatic carbocycles. The number of rotatable bonds is 4. The van der Waals surface area contributed by atoms with Crippen LogP contribution in [-0.2, 0) is 6.54 Å². The Hall–Kier alpha value is -1.31. The molecule has 0 spiro atoms. The van der Waals surface area contributed by atoms with E-state index in [1.807, 2.05) is 6.92 Å². The van der Waals surface area contributed by atoms with E-state index in [0.29, 0.717) is 0 Å². The van der Waals surface area contributed by atoms with Gasteiger partial charge in [0.15, 0.2) is 0 Å². The number of hydrogen-bond donors (Lipinski definition) is 1. The zero-order valence-electron chi connectivity index (χ0n) is 11.8. The molecule has 1 N–H and O–H groups in total. The van der Waals surface area contributed by atoms with Crippen LogP contribution in [0, 0.1) is 13.8 Å². The first-order chi connectivity index (χ1) is 9.11. The predicted molar refractivity (Wildman–Crippen MR) is 83.7 cm³/mol. The van der Waals surface area contributed by atoms with Crippen molar-refractivity contribution in [2.24, 2.45) is 0 Å². The lowest BCUT2D eigenvalue weighted by Gasteiger charge is -2.11. The molecule has 0 amide bonds. The molecule has 0 aliphatic rings. The molecule has 2 heteroatoms. The lowest BCUT2D eigenvalue weighted by atomic mass is 9.97. The van der Waals surface area contributed by atoms with Crippen molar-refractivity contribution in [2.45, 2.75) is 27.3 Å². The van der Waals surface area contributed by atoms with Gasteiger partial charge in [-0.3, -0.25) is 0 Å². The van der Waals surface area contributed by atoms with Gasteiger partial charge in [-0.1, -0.05) is 42.8 Å². The first kappa shape index (κ1) is 14.1. The Morgan fingerprint density at radius 1 is 1.00 bits per heavy atom. The second kappa shape index (κ2) is 6.23. The monoisotopic (exact) mass is 273 g/mol. The maximum atomic E-state index is 6.23. The van der Waals surface area contributed by atoms with Crippen molar-refractivity contribution in [3.05, 3.63) is 58.1 Å². The Morgan fingerprint density at radius 3 is 2.42 bits per heavy atom. The highest BCUT2D eigenvalue weighted by molar-refractivity contribution is 6.31. The van der Waals surface area contributed by atoms with E-state index < -0.39 is 0 Å². The van der Waals surface area contributed by atoms with E-state index >= 15 is 0 Å². The van der Waals surface area contributed by atoms with Gasteiger partial charge >= 0.3 is 0 Å². The minimum Gasteiger partial charge on any atom is -0.313 e. The molecule has 0 saturated heterocycles. The number of halogens is 1. The van der Waals surface area contributed by atoms with Gasteiger partial charge in [0, 0.05) is 11.6 Å². The minimum absolute atomic E-state index is 0.828. The maximum absolute atomic E-state index is 6.23. The molecule has 0 unspecified atom stereocenters. The van der Waals surface area contributed by atoms with E-state index in [1.165, 1.54) is 22.3 Å². The maximum Gasteiger partial charge on any atom is 0.0441 e. The summed E-state index contributed by atoms with van der Waals surface area (Å²) in [4.78, 5) is 0. The third kappa shape index (κ3) is 3.37. The molecular formula is C17H20ClN. The van der Waals surface area contributed by atoms with Gasteiger partial charge in [0.1, 0.15) is 0 Å². The Labute approximate surface area is 120 Å². The van der Waals surface area contributed by atoms with Crippen LogP contribution in [0.25, 0.3) is 11.1 Å². The molecule has 0 radical (unpaired) electrons. The smallest absolute Gasteiger partial charge is 0.0441 e. The molecule has 2 rings (SSSR count). The number of aryl methyl sites for hydroxylation is 2. The average Bonchev–Trinajstić information content (AvgIpc) is 2.41. The van der Waals surface area contributed by atoms with E-state index in [1.54, 1.807) is 0 Å². The number of benzene rings is 2. The molecule has 100 valence electrons. The summed E-state index contributed by atoms with van der Waals surface area (Å²) in [5.74, 6) is 0. The van der Waals surface area contributed by atoms with Gasteiger partial charge in [-0.25, -0.2) is 0 Å². The summed E-state index contributed by atoms with van der Waals surface area (Å²) < 4.78 is 0. The Bertz CT molecular complexity index is 575. The predicted octanol–water partition coefficient (Wildman–Crippen LogP) is 4.73. The summed E-state index contributed by atoms with van der Waals surface area (Å²) in [6.07, 6.45) is 0. The van der Waals surface area contributed by atoms with Crippen molar-refractivity contribution in [1.82, 2.24) is 5.32 Å². The van der Waals surface area contributed by atoms with E-state index in [4.69, 9.17) is 11.6 Å². The van der Waals surface area contributed by atoms with E-state index in [-0.39, 0.29) is 0 Å². The van der Waals surface area contributed by atoms with Gasteiger partial charge in [0.25, 0.3) is 0 Å². The fourth-order valence-corrected chi connectivity index (χ4v) is 2.30. The van der Waals surface area contributed by atoms with Crippen molar-refractivity contribution in [2.75, 3.05) is 6.54 Å². The molecule has 1 nitrogen and oxygen atoms in total. The van der Waals surface area contributed by atoms with Crippen molar-refractivity contribution >= 4 is 11.6 Å². The number of hydrogen-bond acceptors (Lipinski definition) is 1. The molecule has 0 fully saturated rings. The molecule has 19 heavy (non-hydrogen) atoms. The quantitative estimate of drug-likeness (QED) is 0.849. The van der Waals surface area contributed by atoms with Crippen LogP contribution in [-0.4, -0.2) is 6.54 Å². The van der Waals surface area contributed by atoms with Gasteiger partial charge in [-0.15, -0.1) is 0 Å². The van der Waals surface area contributed by atoms with Gasteiger partial charge in [0.05, 0.1) is 0 Å². The fourth-order valence-electron chi connectivity index (χ4n) is 2.12. The van der Waals surface area contributed by atoms with Gasteiger partial charge in [0.2, 0.25) is 0 Å². The van der Waals surface area contributed by atoms with E-state index in [9.17, 15) is 0 Å². The van der Waals surface area contributed by atoms with Crippen LogP contribution >= 0.6 is 11.6 Å². The highest BCUT2D eigenvalue weighted by atomic mass is 35.5. The molecule has 0 heterocycles. The van der Waals surface area contributed by atoms with Crippen LogP contribution in [0.1, 0.15) is 23.6 Å². The summed E-state index contributed by atoms with van der Waals surface area (Å²) in [7, 11) is 0. The first-order valence-corrected chi connectivity index (χ1v) is 7.06. The van der Waals surface area contributed by atoms with Crippen LogP contribution in [0.3, 0.4) is 0 Å². The SMILES string of the molecule is CCNCc1ccc(C)c(-c2ccc(C)c(Cl)c2)c1. The highest BCUT2D eigenvalue weighted by Gasteiger charge is 2.05. The summed E-state index contributed by atoms with van der Waals surface area (Å²) >= 11 is 6.23. The molecule has 2 aromatic carbocycles. The number of nitrogens with one attached hydrogen (secondary N) is 1. The van der Waals surface area contributed by atoms with Gasteiger partial charge in [-0.2, -0.15) is 0 Å². The largest absolute Gasteiger partial charge is 0.313 e. The Kier molecular flexibility index (Phi) is 4.62. The molecule has 0 aromatic heterocycles. The van der Waals surface area contributed by atoms with Crippen LogP contribution in [0.2, 0.25) is 5.02 Å². The first-order valence-electron chi connectivity index (χ1n) is 6.68. The van der Waals surface area contributed by atoms with Gasteiger partial charge < -0.3 is 5.32 Å². The fraction of sp³-hybridized carbons (Fsp3) is 0.294. The lowest BCUT2D eigenvalue weighted by Crippen LogP contribution is -2.11. The molecular weight excluding hydrogens is 254 g/mol. The van der Waals surface area contributed by atoms with Crippen LogP contribution in [0.15, 0.2) is 36.4 Å². The zero-order valence-corrected chi connectivity index (χ0v) is 12.5. The molecule has 0 bridgehead atoms. The highest BCUT2D eigenvalue weighted by Crippen LogP contribution is 2.28. The molecule has 0 saturated carbocycles. The van der Waals surface area contributed by atoms with Crippen molar-refractivity contribution in [1.29, 1.82) is 0 Å². The van der Waals surface area contributed by atoms with Crippen LogP contribution < -0.4 is 5.32 Å². The van der Waals surface area contributed by atoms with Crippen molar-refractivity contribution in [3.63, 3.8) is 0 Å². The molecule has 2 aromatic rings. The molecule has 0 atom stereocenters. The van der Waals surface area contributed by atoms with E-state index in [2.05, 4.69) is 55.6 Å². The summed E-state index contributed by atoms with van der Waals surface area (Å²) in [5.41, 5.74) is 6.15. The second-order valence-electron chi connectivity index (χ2n) is 4.89. The average molecular weight is 274 g/mol. The van der Waals surface area contributed by atoms with Crippen molar-refractivity contribution < 1.29 is 0 Å². The Balaban J connectivity index is 2.39. The summed E-state index contributed by atoms with van der Waals surface area (Å²) in [6, 6.07) is 12.9. The second-order valence-corrected chi connectivity index (χ2v) is 5.30. The standard InChI is InChI=1S/C17H20ClN/c1-4-19-11-14-7-5-12(2)16(9-14)15-8-6-13(3)17(18)10-15/h5-10,19H,4,11H2,1-3H3. The normalized spacial score (nSPS) is 10.7. The third-order valence-electron chi connectivity index (χ3n) is 3.36. The lowest BCUT2D eigenvalue weighted by molar-refractivity contribution is 0.727. The van der Waals surface area contributed by atoms with E-state index in [0.717, 1.165) is 23.7 Å². The third-order valence-corrected chi connectivity index (χ3v) is 3.77. The topological polar surface area (TPSA) is 12.0 Å². The Morgan fingerprint density at radius 2 is 1.74 bits per heavy atom. The van der Waals surface area contributed by atoms with Crippen LogP contribution in [0.5, 0.6) is 0 Å². The van der Waals surface area contributed by atoms with Gasteiger partial charge in [-0.05, 0) is 60.3 Å². The summed E-state index contributed by atoms with van der Waals surface area (Å²) in [6.45, 7) is 8.18. The zero-order chi connectivity index (χ0) is 13.8. The summed E-state index contributed by atoms with van der Waals surface area (Å²) in [5, 5.41) is 4.18. The minimum atomic E-state index is 0.828.